The molecule has 1 aromatic rings. The van der Waals surface area contributed by atoms with Crippen LogP contribution in [0.2, 0.25) is 0 Å². The van der Waals surface area contributed by atoms with Crippen molar-refractivity contribution >= 4 is 40.4 Å². The Labute approximate surface area is 126 Å². The number of thioether (sulfide) groups is 1. The van der Waals surface area contributed by atoms with Gasteiger partial charge in [-0.25, -0.2) is 0 Å². The summed E-state index contributed by atoms with van der Waals surface area (Å²) in [5.74, 6) is -0.364. The molecular formula is C14H16N4O2S. The van der Waals surface area contributed by atoms with Crippen LogP contribution in [-0.2, 0) is 4.79 Å². The van der Waals surface area contributed by atoms with E-state index >= 15 is 0 Å². The molecular weight excluding hydrogens is 288 g/mol. The number of amides is 2. The molecule has 110 valence electrons. The fourth-order valence-electron chi connectivity index (χ4n) is 2.54. The van der Waals surface area contributed by atoms with Crippen molar-refractivity contribution in [3.05, 3.63) is 28.7 Å². The van der Waals surface area contributed by atoms with E-state index in [1.54, 1.807) is 6.08 Å². The Hall–Kier alpha value is -1.99. The van der Waals surface area contributed by atoms with E-state index in [0.717, 1.165) is 42.5 Å². The van der Waals surface area contributed by atoms with Crippen molar-refractivity contribution in [1.82, 2.24) is 5.32 Å². The van der Waals surface area contributed by atoms with Crippen LogP contribution in [0.15, 0.2) is 23.1 Å². The highest BCUT2D eigenvalue weighted by atomic mass is 32.2. The lowest BCUT2D eigenvalue weighted by Gasteiger charge is -2.21. The molecule has 2 fully saturated rings. The molecule has 3 rings (SSSR count). The third-order valence-electron chi connectivity index (χ3n) is 3.55. The Morgan fingerprint density at radius 1 is 1.38 bits per heavy atom. The molecule has 5 N–H and O–H groups in total. The van der Waals surface area contributed by atoms with Crippen molar-refractivity contribution in [2.24, 2.45) is 5.73 Å². The summed E-state index contributed by atoms with van der Waals surface area (Å²) in [6, 6.07) is 5.73. The van der Waals surface area contributed by atoms with Crippen LogP contribution >= 0.6 is 11.8 Å². The standard InChI is InChI=1S/C14H16N4O2S/c15-9-1-2-11(18-4-3-10(16)7-18)8(5-9)6-12-13(19)17-14(20)21-12/h1-2,5-6,10H,3-4,7,15-16H2,(H,17,19,20)/b12-6-. The van der Waals surface area contributed by atoms with Gasteiger partial charge in [0, 0.05) is 36.1 Å². The van der Waals surface area contributed by atoms with Gasteiger partial charge in [0.2, 0.25) is 0 Å². The third-order valence-corrected chi connectivity index (χ3v) is 4.36. The third kappa shape index (κ3) is 2.88. The molecule has 7 heteroatoms. The van der Waals surface area contributed by atoms with Gasteiger partial charge in [0.05, 0.1) is 4.91 Å². The smallest absolute Gasteiger partial charge is 0.290 e. The molecule has 0 aromatic heterocycles. The predicted octanol–water partition coefficient (Wildman–Crippen LogP) is 1.13. The number of nitrogen functional groups attached to an aromatic ring is 1. The molecule has 1 aromatic carbocycles. The molecule has 6 nitrogen and oxygen atoms in total. The second-order valence-electron chi connectivity index (χ2n) is 5.17. The quantitative estimate of drug-likeness (QED) is 0.559. The minimum Gasteiger partial charge on any atom is -0.399 e. The van der Waals surface area contributed by atoms with E-state index in [2.05, 4.69) is 10.2 Å². The van der Waals surface area contributed by atoms with Crippen molar-refractivity contribution in [3.8, 4) is 0 Å². The number of nitrogens with two attached hydrogens (primary N) is 2. The monoisotopic (exact) mass is 304 g/mol. The fourth-order valence-corrected chi connectivity index (χ4v) is 3.22. The predicted molar refractivity (Wildman–Crippen MR) is 84.8 cm³/mol. The summed E-state index contributed by atoms with van der Waals surface area (Å²) < 4.78 is 0. The first-order valence-electron chi connectivity index (χ1n) is 6.68. The SMILES string of the molecule is Nc1ccc(N2CCC(N)C2)c(/C=C2\SC(=O)NC2=O)c1. The zero-order valence-electron chi connectivity index (χ0n) is 11.3. The van der Waals surface area contributed by atoms with Crippen molar-refractivity contribution in [2.45, 2.75) is 12.5 Å². The maximum atomic E-state index is 11.7. The van der Waals surface area contributed by atoms with Gasteiger partial charge in [0.1, 0.15) is 0 Å². The molecule has 2 heterocycles. The highest BCUT2D eigenvalue weighted by Crippen LogP contribution is 2.32. The average molecular weight is 304 g/mol. The number of hydrogen-bond acceptors (Lipinski definition) is 6. The summed E-state index contributed by atoms with van der Waals surface area (Å²) in [6.45, 7) is 1.65. The summed E-state index contributed by atoms with van der Waals surface area (Å²) in [4.78, 5) is 25.5. The van der Waals surface area contributed by atoms with Crippen LogP contribution in [0.5, 0.6) is 0 Å². The lowest BCUT2D eigenvalue weighted by molar-refractivity contribution is -0.115. The largest absolute Gasteiger partial charge is 0.399 e. The first kappa shape index (κ1) is 14.0. The maximum absolute atomic E-state index is 11.7. The number of nitrogens with zero attached hydrogens (tertiary/aromatic N) is 1. The van der Waals surface area contributed by atoms with Crippen LogP contribution in [0.3, 0.4) is 0 Å². The Morgan fingerprint density at radius 3 is 2.81 bits per heavy atom. The Balaban J connectivity index is 1.97. The fraction of sp³-hybridized carbons (Fsp3) is 0.286. The number of rotatable bonds is 2. The van der Waals surface area contributed by atoms with E-state index in [1.807, 2.05) is 18.2 Å². The average Bonchev–Trinajstić information content (AvgIpc) is 2.96. The number of nitrogens with one attached hydrogen (secondary N) is 1. The zero-order valence-corrected chi connectivity index (χ0v) is 12.2. The van der Waals surface area contributed by atoms with Gasteiger partial charge in [-0.3, -0.25) is 14.9 Å². The molecule has 2 aliphatic rings. The van der Waals surface area contributed by atoms with Gasteiger partial charge in [-0.2, -0.15) is 0 Å². The number of anilines is 2. The van der Waals surface area contributed by atoms with E-state index in [0.29, 0.717) is 10.6 Å². The van der Waals surface area contributed by atoms with E-state index < -0.39 is 0 Å². The number of carbonyl (C=O) groups excluding carboxylic acids is 2. The molecule has 1 unspecified atom stereocenters. The molecule has 0 bridgehead atoms. The van der Waals surface area contributed by atoms with Gasteiger partial charge >= 0.3 is 0 Å². The van der Waals surface area contributed by atoms with E-state index in [-0.39, 0.29) is 17.2 Å². The lowest BCUT2D eigenvalue weighted by Crippen LogP contribution is -2.26. The molecule has 0 radical (unpaired) electrons. The van der Waals surface area contributed by atoms with Gasteiger partial charge in [-0.05, 0) is 42.5 Å². The summed E-state index contributed by atoms with van der Waals surface area (Å²) in [6.07, 6.45) is 2.65. The molecule has 21 heavy (non-hydrogen) atoms. The van der Waals surface area contributed by atoms with Gasteiger partial charge in [-0.15, -0.1) is 0 Å². The molecule has 2 amide bonds. The normalized spacial score (nSPS) is 24.0. The molecule has 2 saturated heterocycles. The molecule has 0 saturated carbocycles. The molecule has 0 aliphatic carbocycles. The van der Waals surface area contributed by atoms with Gasteiger partial charge in [-0.1, -0.05) is 0 Å². The van der Waals surface area contributed by atoms with Crippen molar-refractivity contribution in [3.63, 3.8) is 0 Å². The highest BCUT2D eigenvalue weighted by molar-refractivity contribution is 8.18. The van der Waals surface area contributed by atoms with Gasteiger partial charge in [0.25, 0.3) is 11.1 Å². The van der Waals surface area contributed by atoms with Crippen LogP contribution in [0.25, 0.3) is 6.08 Å². The Kier molecular flexibility index (Phi) is 3.60. The van der Waals surface area contributed by atoms with Crippen LogP contribution in [-0.4, -0.2) is 30.3 Å². The number of benzene rings is 1. The van der Waals surface area contributed by atoms with E-state index in [9.17, 15) is 9.59 Å². The summed E-state index contributed by atoms with van der Waals surface area (Å²) in [7, 11) is 0. The second kappa shape index (κ2) is 5.42. The summed E-state index contributed by atoms with van der Waals surface area (Å²) in [5, 5.41) is 1.90. The van der Waals surface area contributed by atoms with Crippen LogP contribution in [0, 0.1) is 0 Å². The van der Waals surface area contributed by atoms with Crippen molar-refractivity contribution in [2.75, 3.05) is 23.7 Å². The minimum absolute atomic E-state index is 0.161. The lowest BCUT2D eigenvalue weighted by atomic mass is 10.1. The van der Waals surface area contributed by atoms with Crippen LogP contribution < -0.4 is 21.7 Å². The first-order valence-corrected chi connectivity index (χ1v) is 7.49. The number of imide groups is 1. The Morgan fingerprint density at radius 2 is 2.19 bits per heavy atom. The summed E-state index contributed by atoms with van der Waals surface area (Å²) in [5.41, 5.74) is 14.2. The van der Waals surface area contributed by atoms with Crippen molar-refractivity contribution in [1.29, 1.82) is 0 Å². The van der Waals surface area contributed by atoms with Gasteiger partial charge in [0.15, 0.2) is 0 Å². The topological polar surface area (TPSA) is 101 Å². The maximum Gasteiger partial charge on any atom is 0.290 e. The van der Waals surface area contributed by atoms with E-state index in [4.69, 9.17) is 11.5 Å². The van der Waals surface area contributed by atoms with E-state index in [1.165, 1.54) is 0 Å². The zero-order chi connectivity index (χ0) is 15.0. The minimum atomic E-state index is -0.364. The number of carbonyl (C=O) groups is 2. The van der Waals surface area contributed by atoms with Gasteiger partial charge < -0.3 is 16.4 Å². The van der Waals surface area contributed by atoms with Crippen molar-refractivity contribution < 1.29 is 9.59 Å². The highest BCUT2D eigenvalue weighted by Gasteiger charge is 2.26. The number of hydrogen-bond donors (Lipinski definition) is 3. The van der Waals surface area contributed by atoms with Crippen LogP contribution in [0.4, 0.5) is 16.2 Å². The first-order chi connectivity index (χ1) is 10.0. The Bertz CT molecular complexity index is 644. The molecule has 2 aliphatic heterocycles. The second-order valence-corrected chi connectivity index (χ2v) is 6.18. The summed E-state index contributed by atoms with van der Waals surface area (Å²) >= 11 is 0.904. The molecule has 1 atom stereocenters. The van der Waals surface area contributed by atoms with Crippen LogP contribution in [0.1, 0.15) is 12.0 Å². The molecule has 0 spiro atoms.